The van der Waals surface area contributed by atoms with Crippen molar-refractivity contribution in [1.29, 1.82) is 0 Å². The summed E-state index contributed by atoms with van der Waals surface area (Å²) in [5.74, 6) is 0. The average molecular weight is 387 g/mol. The second-order valence-corrected chi connectivity index (χ2v) is 8.41. The number of aromatic nitrogens is 1. The number of aryl methyl sites for hydroxylation is 1. The quantitative estimate of drug-likeness (QED) is 0.444. The van der Waals surface area contributed by atoms with Crippen molar-refractivity contribution in [2.45, 2.75) is 45.1 Å². The van der Waals surface area contributed by atoms with E-state index in [9.17, 15) is 4.79 Å². The smallest absolute Gasteiger partial charge is 0.215 e. The van der Waals surface area contributed by atoms with Crippen LogP contribution in [0.1, 0.15) is 37.0 Å². The zero-order valence-electron chi connectivity index (χ0n) is 15.8. The number of rotatable bonds is 5. The summed E-state index contributed by atoms with van der Waals surface area (Å²) >= 11 is 1.66. The van der Waals surface area contributed by atoms with Crippen LogP contribution in [0.5, 0.6) is 0 Å². The van der Waals surface area contributed by atoms with Gasteiger partial charge < -0.3 is 14.5 Å². The van der Waals surface area contributed by atoms with Gasteiger partial charge in [-0.25, -0.2) is 9.98 Å². The SMILES string of the molecule is Cc1sc2nccc(N3CCOCC3)c2c1N=CN(C=O)C1CCCCC1. The molecule has 0 bridgehead atoms. The molecule has 2 aliphatic rings. The maximum atomic E-state index is 11.6. The number of hydrogen-bond acceptors (Lipinski definition) is 6. The molecule has 1 saturated carbocycles. The van der Waals surface area contributed by atoms with Gasteiger partial charge in [0.25, 0.3) is 0 Å². The summed E-state index contributed by atoms with van der Waals surface area (Å²) in [5, 5.41) is 1.09. The number of carbonyl (C=O) groups is 1. The Morgan fingerprint density at radius 2 is 2.07 bits per heavy atom. The topological polar surface area (TPSA) is 58.0 Å². The molecule has 2 aromatic heterocycles. The number of thiophene rings is 1. The molecule has 3 heterocycles. The van der Waals surface area contributed by atoms with Crippen molar-refractivity contribution in [3.8, 4) is 0 Å². The number of anilines is 1. The molecule has 1 amide bonds. The Labute approximate surface area is 163 Å². The van der Waals surface area contributed by atoms with Crippen LogP contribution in [0.4, 0.5) is 11.4 Å². The van der Waals surface area contributed by atoms with Crippen molar-refractivity contribution < 1.29 is 9.53 Å². The Morgan fingerprint density at radius 3 is 2.81 bits per heavy atom. The van der Waals surface area contributed by atoms with Gasteiger partial charge >= 0.3 is 0 Å². The van der Waals surface area contributed by atoms with Crippen LogP contribution in [0.2, 0.25) is 0 Å². The van der Waals surface area contributed by atoms with E-state index in [0.29, 0.717) is 0 Å². The summed E-state index contributed by atoms with van der Waals surface area (Å²) in [6.07, 6.45) is 10.3. The number of hydrogen-bond donors (Lipinski definition) is 0. The molecule has 1 aliphatic carbocycles. The third-order valence-corrected chi connectivity index (χ3v) is 6.51. The Kier molecular flexibility index (Phi) is 5.69. The lowest BCUT2D eigenvalue weighted by Crippen LogP contribution is -2.36. The summed E-state index contributed by atoms with van der Waals surface area (Å²) < 4.78 is 5.50. The van der Waals surface area contributed by atoms with Gasteiger partial charge in [-0.3, -0.25) is 4.79 Å². The molecule has 1 saturated heterocycles. The zero-order chi connectivity index (χ0) is 18.6. The minimum atomic E-state index is 0.280. The van der Waals surface area contributed by atoms with Crippen LogP contribution in [0.25, 0.3) is 10.2 Å². The highest BCUT2D eigenvalue weighted by atomic mass is 32.1. The molecule has 6 nitrogen and oxygen atoms in total. The minimum absolute atomic E-state index is 0.280. The lowest BCUT2D eigenvalue weighted by Gasteiger charge is -2.29. The van der Waals surface area contributed by atoms with Crippen LogP contribution >= 0.6 is 11.3 Å². The van der Waals surface area contributed by atoms with Crippen LogP contribution in [0.15, 0.2) is 17.3 Å². The molecular weight excluding hydrogens is 360 g/mol. The highest BCUT2D eigenvalue weighted by Crippen LogP contribution is 2.41. The predicted molar refractivity (Wildman–Crippen MR) is 110 cm³/mol. The number of fused-ring (bicyclic) bond motifs is 1. The lowest BCUT2D eigenvalue weighted by atomic mass is 9.95. The number of pyridine rings is 1. The number of morpholine rings is 1. The monoisotopic (exact) mass is 386 g/mol. The van der Waals surface area contributed by atoms with Gasteiger partial charge in [-0.15, -0.1) is 11.3 Å². The van der Waals surface area contributed by atoms with E-state index in [2.05, 4.69) is 22.9 Å². The van der Waals surface area contributed by atoms with Crippen LogP contribution in [0, 0.1) is 6.92 Å². The molecule has 1 aliphatic heterocycles. The summed E-state index contributed by atoms with van der Waals surface area (Å²) in [6, 6.07) is 2.35. The summed E-state index contributed by atoms with van der Waals surface area (Å²) in [5.41, 5.74) is 2.10. The molecule has 27 heavy (non-hydrogen) atoms. The highest BCUT2D eigenvalue weighted by Gasteiger charge is 2.21. The average Bonchev–Trinajstić information content (AvgIpc) is 3.05. The zero-order valence-corrected chi connectivity index (χ0v) is 16.6. The number of ether oxygens (including phenoxy) is 1. The first-order chi connectivity index (χ1) is 13.3. The number of carbonyl (C=O) groups excluding carboxylic acids is 1. The van der Waals surface area contributed by atoms with E-state index in [-0.39, 0.29) is 6.04 Å². The van der Waals surface area contributed by atoms with Crippen LogP contribution in [-0.4, -0.2) is 55.0 Å². The van der Waals surface area contributed by atoms with Gasteiger partial charge in [0.1, 0.15) is 4.83 Å². The van der Waals surface area contributed by atoms with E-state index >= 15 is 0 Å². The van der Waals surface area contributed by atoms with E-state index in [1.165, 1.54) is 19.3 Å². The molecule has 144 valence electrons. The van der Waals surface area contributed by atoms with Crippen LogP contribution in [0.3, 0.4) is 0 Å². The molecule has 2 fully saturated rings. The summed E-state index contributed by atoms with van der Waals surface area (Å²) in [6.45, 7) is 5.31. The third-order valence-electron chi connectivity index (χ3n) is 5.50. The molecule has 4 rings (SSSR count). The fourth-order valence-corrected chi connectivity index (χ4v) is 5.00. The highest BCUT2D eigenvalue weighted by molar-refractivity contribution is 7.19. The summed E-state index contributed by atoms with van der Waals surface area (Å²) in [4.78, 5) is 27.2. The summed E-state index contributed by atoms with van der Waals surface area (Å²) in [7, 11) is 0. The van der Waals surface area contributed by atoms with E-state index in [1.54, 1.807) is 22.6 Å². The van der Waals surface area contributed by atoms with Crippen LogP contribution < -0.4 is 4.90 Å². The molecule has 2 aromatic rings. The molecule has 0 radical (unpaired) electrons. The van der Waals surface area contributed by atoms with E-state index < -0.39 is 0 Å². The maximum Gasteiger partial charge on any atom is 0.215 e. The molecule has 0 unspecified atom stereocenters. The fraction of sp³-hybridized carbons (Fsp3) is 0.550. The second kappa shape index (κ2) is 8.35. The second-order valence-electron chi connectivity index (χ2n) is 7.21. The Bertz CT molecular complexity index is 823. The van der Waals surface area contributed by atoms with Gasteiger partial charge in [-0.05, 0) is 25.8 Å². The van der Waals surface area contributed by atoms with Gasteiger partial charge in [0.05, 0.1) is 36.3 Å². The van der Waals surface area contributed by atoms with Crippen molar-refractivity contribution in [1.82, 2.24) is 9.88 Å². The van der Waals surface area contributed by atoms with E-state index in [0.717, 1.165) is 72.0 Å². The van der Waals surface area contributed by atoms with Crippen molar-refractivity contribution >= 4 is 45.7 Å². The standard InChI is InChI=1S/C20H26N4O2S/c1-15-19(22-13-24(14-25)16-5-3-2-4-6-16)18-17(7-8-21-20(18)27-15)23-9-11-26-12-10-23/h7-8,13-14,16H,2-6,9-12H2,1H3. The molecule has 7 heteroatoms. The Morgan fingerprint density at radius 1 is 1.30 bits per heavy atom. The van der Waals surface area contributed by atoms with Gasteiger partial charge in [-0.1, -0.05) is 19.3 Å². The number of nitrogens with zero attached hydrogens (tertiary/aromatic N) is 4. The minimum Gasteiger partial charge on any atom is -0.378 e. The molecule has 0 N–H and O–H groups in total. The fourth-order valence-electron chi connectivity index (χ4n) is 4.04. The number of aliphatic imine (C=N–C) groups is 1. The third kappa shape index (κ3) is 3.84. The van der Waals surface area contributed by atoms with Crippen molar-refractivity contribution in [2.75, 3.05) is 31.2 Å². The van der Waals surface area contributed by atoms with E-state index in [1.807, 2.05) is 6.20 Å². The van der Waals surface area contributed by atoms with Gasteiger partial charge in [0, 0.05) is 30.2 Å². The van der Waals surface area contributed by atoms with Crippen molar-refractivity contribution in [3.63, 3.8) is 0 Å². The molecular formula is C20H26N4O2S. The van der Waals surface area contributed by atoms with Gasteiger partial charge in [0.15, 0.2) is 0 Å². The van der Waals surface area contributed by atoms with Gasteiger partial charge in [0.2, 0.25) is 6.41 Å². The first-order valence-corrected chi connectivity index (χ1v) is 10.6. The first kappa shape index (κ1) is 18.4. The molecule has 0 spiro atoms. The Hall–Kier alpha value is -1.99. The van der Waals surface area contributed by atoms with Crippen molar-refractivity contribution in [2.24, 2.45) is 4.99 Å². The van der Waals surface area contributed by atoms with Crippen molar-refractivity contribution in [3.05, 3.63) is 17.1 Å². The van der Waals surface area contributed by atoms with E-state index in [4.69, 9.17) is 9.73 Å². The largest absolute Gasteiger partial charge is 0.378 e. The van der Waals surface area contributed by atoms with Gasteiger partial charge in [-0.2, -0.15) is 0 Å². The Balaban J connectivity index is 1.68. The first-order valence-electron chi connectivity index (χ1n) is 9.75. The van der Waals surface area contributed by atoms with Crippen LogP contribution in [-0.2, 0) is 9.53 Å². The molecule has 0 atom stereocenters. The normalized spacial score (nSPS) is 19.1. The maximum absolute atomic E-state index is 11.6. The lowest BCUT2D eigenvalue weighted by molar-refractivity contribution is -0.116. The number of amides is 1. The predicted octanol–water partition coefficient (Wildman–Crippen LogP) is 3.89. The molecule has 0 aromatic carbocycles.